The number of anilines is 2. The van der Waals surface area contributed by atoms with E-state index in [1.54, 1.807) is 24.3 Å². The summed E-state index contributed by atoms with van der Waals surface area (Å²) < 4.78 is 33.0. The minimum Gasteiger partial charge on any atom is -0.491 e. The van der Waals surface area contributed by atoms with Crippen LogP contribution in [0.2, 0.25) is 0 Å². The monoisotopic (exact) mass is 446 g/mol. The Morgan fingerprint density at radius 2 is 1.73 bits per heavy atom. The Bertz CT molecular complexity index is 1110. The minimum atomic E-state index is -3.79. The third kappa shape index (κ3) is 5.55. The van der Waals surface area contributed by atoms with Crippen LogP contribution in [0.1, 0.15) is 36.1 Å². The highest BCUT2D eigenvalue weighted by Gasteiger charge is 2.17. The van der Waals surface area contributed by atoms with Crippen molar-refractivity contribution in [2.24, 2.45) is 0 Å². The van der Waals surface area contributed by atoms with E-state index in [2.05, 4.69) is 20.2 Å². The summed E-state index contributed by atoms with van der Waals surface area (Å²) in [6.07, 6.45) is 0.732. The molecule has 158 valence electrons. The molecule has 2 aromatic carbocycles. The Morgan fingerprint density at radius 3 is 2.30 bits per heavy atom. The molecule has 1 amide bonds. The number of nitrogens with zero attached hydrogens (tertiary/aromatic N) is 2. The number of hydrogen-bond acceptors (Lipinski definition) is 7. The van der Waals surface area contributed by atoms with Gasteiger partial charge in [0.05, 0.1) is 11.0 Å². The first-order valence-electron chi connectivity index (χ1n) is 9.30. The van der Waals surface area contributed by atoms with E-state index < -0.39 is 10.0 Å². The molecule has 0 unspecified atom stereocenters. The van der Waals surface area contributed by atoms with Crippen molar-refractivity contribution in [3.05, 3.63) is 59.1 Å². The number of aromatic nitrogens is 2. The summed E-state index contributed by atoms with van der Waals surface area (Å²) in [5, 5.41) is 11.4. The molecule has 0 fully saturated rings. The van der Waals surface area contributed by atoms with E-state index in [0.29, 0.717) is 23.4 Å². The summed E-state index contributed by atoms with van der Waals surface area (Å²) in [6.45, 7) is 5.77. The lowest BCUT2D eigenvalue weighted by Crippen LogP contribution is -2.14. The van der Waals surface area contributed by atoms with Crippen molar-refractivity contribution >= 4 is 38.1 Å². The van der Waals surface area contributed by atoms with Crippen LogP contribution in [0.3, 0.4) is 0 Å². The lowest BCUT2D eigenvalue weighted by atomic mass is 10.2. The van der Waals surface area contributed by atoms with Crippen LogP contribution in [0.25, 0.3) is 0 Å². The number of carbonyl (C=O) groups excluding carboxylic acids is 1. The molecule has 1 aromatic heterocycles. The van der Waals surface area contributed by atoms with Gasteiger partial charge in [-0.15, -0.1) is 10.2 Å². The van der Waals surface area contributed by atoms with Gasteiger partial charge >= 0.3 is 0 Å². The van der Waals surface area contributed by atoms with E-state index in [0.717, 1.165) is 5.01 Å². The molecule has 0 spiro atoms. The fourth-order valence-electron chi connectivity index (χ4n) is 2.49. The molecule has 8 nitrogen and oxygen atoms in total. The van der Waals surface area contributed by atoms with Crippen molar-refractivity contribution in [3.63, 3.8) is 0 Å². The Labute approximate surface area is 179 Å². The smallest absolute Gasteiger partial charge is 0.263 e. The van der Waals surface area contributed by atoms with Crippen LogP contribution in [0.5, 0.6) is 5.75 Å². The fraction of sp³-hybridized carbons (Fsp3) is 0.250. The number of nitrogens with one attached hydrogen (secondary N) is 2. The zero-order valence-electron chi connectivity index (χ0n) is 16.7. The summed E-state index contributed by atoms with van der Waals surface area (Å²) in [4.78, 5) is 12.5. The first-order chi connectivity index (χ1) is 14.3. The summed E-state index contributed by atoms with van der Waals surface area (Å²) >= 11 is 1.19. The summed E-state index contributed by atoms with van der Waals surface area (Å²) in [5.74, 6) is 0.380. The number of benzene rings is 2. The lowest BCUT2D eigenvalue weighted by Gasteiger charge is -2.10. The molecule has 0 aliphatic rings. The van der Waals surface area contributed by atoms with E-state index in [9.17, 15) is 13.2 Å². The van der Waals surface area contributed by atoms with Gasteiger partial charge in [0.2, 0.25) is 5.13 Å². The van der Waals surface area contributed by atoms with E-state index in [1.807, 2.05) is 20.8 Å². The molecule has 10 heteroatoms. The van der Waals surface area contributed by atoms with Gasteiger partial charge < -0.3 is 10.1 Å². The standard InChI is InChI=1S/C20H22N4O4S2/c1-4-18-22-23-20(29-18)24-30(26,27)17-11-7-15(8-12-17)21-19(25)14-5-9-16(10-6-14)28-13(2)3/h5-13H,4H2,1-3H3,(H,21,25)(H,23,24). The minimum absolute atomic E-state index is 0.0505. The maximum Gasteiger partial charge on any atom is 0.263 e. The zero-order chi connectivity index (χ0) is 21.7. The maximum atomic E-state index is 12.5. The Morgan fingerprint density at radius 1 is 1.07 bits per heavy atom. The molecular formula is C20H22N4O4S2. The Kier molecular flexibility index (Phi) is 6.68. The first-order valence-corrected chi connectivity index (χ1v) is 11.6. The van der Waals surface area contributed by atoms with Crippen LogP contribution in [0.15, 0.2) is 53.4 Å². The molecule has 30 heavy (non-hydrogen) atoms. The number of hydrogen-bond donors (Lipinski definition) is 2. The molecule has 3 aromatic rings. The SMILES string of the molecule is CCc1nnc(NS(=O)(=O)c2ccc(NC(=O)c3ccc(OC(C)C)cc3)cc2)s1. The van der Waals surface area contributed by atoms with E-state index in [1.165, 1.54) is 35.6 Å². The molecular weight excluding hydrogens is 424 g/mol. The predicted molar refractivity (Wildman–Crippen MR) is 117 cm³/mol. The van der Waals surface area contributed by atoms with Gasteiger partial charge in [0.25, 0.3) is 15.9 Å². The second kappa shape index (κ2) is 9.23. The highest BCUT2D eigenvalue weighted by molar-refractivity contribution is 7.93. The quantitative estimate of drug-likeness (QED) is 0.542. The Hall–Kier alpha value is -2.98. The summed E-state index contributed by atoms with van der Waals surface area (Å²) in [6, 6.07) is 12.7. The predicted octanol–water partition coefficient (Wildman–Crippen LogP) is 3.94. The molecule has 3 rings (SSSR count). The van der Waals surface area contributed by atoms with Gasteiger partial charge in [-0.1, -0.05) is 18.3 Å². The van der Waals surface area contributed by atoms with Gasteiger partial charge in [-0.05, 0) is 68.8 Å². The van der Waals surface area contributed by atoms with Crippen LogP contribution in [0.4, 0.5) is 10.8 Å². The number of rotatable bonds is 8. The molecule has 0 aliphatic heterocycles. The van der Waals surface area contributed by atoms with Gasteiger partial charge in [0.15, 0.2) is 0 Å². The fourth-order valence-corrected chi connectivity index (χ4v) is 4.40. The molecule has 0 saturated carbocycles. The van der Waals surface area contributed by atoms with Crippen LogP contribution in [-0.2, 0) is 16.4 Å². The highest BCUT2D eigenvalue weighted by atomic mass is 32.2. The van der Waals surface area contributed by atoms with Crippen LogP contribution >= 0.6 is 11.3 Å². The van der Waals surface area contributed by atoms with Gasteiger partial charge in [-0.3, -0.25) is 9.52 Å². The molecule has 0 atom stereocenters. The third-order valence-corrected chi connectivity index (χ3v) is 6.37. The number of carbonyl (C=O) groups is 1. The van der Waals surface area contributed by atoms with Crippen molar-refractivity contribution < 1.29 is 17.9 Å². The molecule has 0 bridgehead atoms. The van der Waals surface area contributed by atoms with Crippen molar-refractivity contribution in [2.75, 3.05) is 10.0 Å². The first kappa shape index (κ1) is 21.7. The number of sulfonamides is 1. The van der Waals surface area contributed by atoms with Crippen molar-refractivity contribution in [3.8, 4) is 5.75 Å². The van der Waals surface area contributed by atoms with Crippen LogP contribution in [0, 0.1) is 0 Å². The lowest BCUT2D eigenvalue weighted by molar-refractivity contribution is 0.102. The average molecular weight is 447 g/mol. The van der Waals surface area contributed by atoms with E-state index in [-0.39, 0.29) is 22.0 Å². The van der Waals surface area contributed by atoms with Crippen molar-refractivity contribution in [1.29, 1.82) is 0 Å². The highest BCUT2D eigenvalue weighted by Crippen LogP contribution is 2.22. The molecule has 0 radical (unpaired) electrons. The second-order valence-electron chi connectivity index (χ2n) is 6.63. The maximum absolute atomic E-state index is 12.5. The summed E-state index contributed by atoms with van der Waals surface area (Å²) in [7, 11) is -3.79. The van der Waals surface area contributed by atoms with Crippen LogP contribution in [-0.4, -0.2) is 30.6 Å². The van der Waals surface area contributed by atoms with Gasteiger partial charge in [-0.2, -0.15) is 0 Å². The van der Waals surface area contributed by atoms with Gasteiger partial charge in [-0.25, -0.2) is 8.42 Å². The van der Waals surface area contributed by atoms with Gasteiger partial charge in [0, 0.05) is 11.3 Å². The second-order valence-corrected chi connectivity index (χ2v) is 9.37. The topological polar surface area (TPSA) is 110 Å². The normalized spacial score (nSPS) is 11.3. The number of aryl methyl sites for hydroxylation is 1. The van der Waals surface area contributed by atoms with E-state index in [4.69, 9.17) is 4.74 Å². The van der Waals surface area contributed by atoms with Crippen LogP contribution < -0.4 is 14.8 Å². The van der Waals surface area contributed by atoms with E-state index >= 15 is 0 Å². The third-order valence-electron chi connectivity index (χ3n) is 3.90. The van der Waals surface area contributed by atoms with Crippen molar-refractivity contribution in [2.45, 2.75) is 38.2 Å². The zero-order valence-corrected chi connectivity index (χ0v) is 18.4. The molecule has 1 heterocycles. The number of amides is 1. The molecule has 2 N–H and O–H groups in total. The Balaban J connectivity index is 1.65. The molecule has 0 aliphatic carbocycles. The largest absolute Gasteiger partial charge is 0.491 e. The van der Waals surface area contributed by atoms with Gasteiger partial charge in [0.1, 0.15) is 10.8 Å². The van der Waals surface area contributed by atoms with Crippen molar-refractivity contribution in [1.82, 2.24) is 10.2 Å². The molecule has 0 saturated heterocycles. The average Bonchev–Trinajstić information content (AvgIpc) is 3.15. The number of ether oxygens (including phenoxy) is 1. The summed E-state index contributed by atoms with van der Waals surface area (Å²) in [5.41, 5.74) is 0.943.